The van der Waals surface area contributed by atoms with Crippen LogP contribution in [0.25, 0.3) is 0 Å². The monoisotopic (exact) mass is 399 g/mol. The number of benzene rings is 3. The number of hydrogen-bond acceptors (Lipinski definition) is 2. The molecule has 2 N–H and O–H groups in total. The first-order valence-corrected chi connectivity index (χ1v) is 10.2. The number of rotatable bonds is 6. The number of carbonyl (C=O) groups excluding carboxylic acids is 2. The van der Waals surface area contributed by atoms with E-state index in [1.807, 2.05) is 89.8 Å². The highest BCUT2D eigenvalue weighted by molar-refractivity contribution is 5.95. The molecule has 1 heterocycles. The standard InChI is InChI=1S/C25H25N3O2/c29-23-12-7-17-28(23)22-15-13-19(14-16-22)18-26-25(30)27-24(20-8-3-1-4-9-20)21-10-5-2-6-11-21/h1-6,8-11,13-16,24H,7,12,17-18H2,(H2,26,27,30). The van der Waals surface area contributed by atoms with Crippen LogP contribution in [0.3, 0.4) is 0 Å². The molecule has 0 atom stereocenters. The molecule has 3 amide bonds. The number of carbonyl (C=O) groups is 2. The molecule has 3 aromatic rings. The Bertz CT molecular complexity index is 948. The summed E-state index contributed by atoms with van der Waals surface area (Å²) < 4.78 is 0. The van der Waals surface area contributed by atoms with E-state index in [-0.39, 0.29) is 18.0 Å². The lowest BCUT2D eigenvalue weighted by molar-refractivity contribution is -0.117. The molecule has 5 nitrogen and oxygen atoms in total. The van der Waals surface area contributed by atoms with Gasteiger partial charge in [-0.1, -0.05) is 72.8 Å². The van der Waals surface area contributed by atoms with Crippen molar-refractivity contribution in [2.24, 2.45) is 0 Å². The fourth-order valence-electron chi connectivity index (χ4n) is 3.73. The van der Waals surface area contributed by atoms with E-state index in [0.717, 1.165) is 35.3 Å². The van der Waals surface area contributed by atoms with Crippen LogP contribution < -0.4 is 15.5 Å². The predicted molar refractivity (Wildman–Crippen MR) is 118 cm³/mol. The van der Waals surface area contributed by atoms with E-state index in [0.29, 0.717) is 13.0 Å². The van der Waals surface area contributed by atoms with E-state index in [1.165, 1.54) is 0 Å². The van der Waals surface area contributed by atoms with Gasteiger partial charge in [-0.2, -0.15) is 0 Å². The van der Waals surface area contributed by atoms with Crippen molar-refractivity contribution in [3.8, 4) is 0 Å². The van der Waals surface area contributed by atoms with Gasteiger partial charge in [0.15, 0.2) is 0 Å². The van der Waals surface area contributed by atoms with Crippen molar-refractivity contribution >= 4 is 17.6 Å². The average molecular weight is 399 g/mol. The molecule has 0 aliphatic carbocycles. The van der Waals surface area contributed by atoms with E-state index in [2.05, 4.69) is 10.6 Å². The number of amides is 3. The molecule has 30 heavy (non-hydrogen) atoms. The van der Waals surface area contributed by atoms with Crippen molar-refractivity contribution in [2.45, 2.75) is 25.4 Å². The summed E-state index contributed by atoms with van der Waals surface area (Å²) in [4.78, 5) is 26.3. The van der Waals surface area contributed by atoms with Crippen molar-refractivity contribution in [3.05, 3.63) is 102 Å². The smallest absolute Gasteiger partial charge is 0.315 e. The second-order valence-corrected chi connectivity index (χ2v) is 7.40. The van der Waals surface area contributed by atoms with Gasteiger partial charge in [-0.05, 0) is 35.2 Å². The molecule has 152 valence electrons. The summed E-state index contributed by atoms with van der Waals surface area (Å²) in [5, 5.41) is 6.01. The Morgan fingerprint density at radius 2 is 1.47 bits per heavy atom. The van der Waals surface area contributed by atoms with Crippen LogP contribution in [0.2, 0.25) is 0 Å². The van der Waals surface area contributed by atoms with Crippen LogP contribution in [0, 0.1) is 0 Å². The predicted octanol–water partition coefficient (Wildman–Crippen LogP) is 4.40. The molecular weight excluding hydrogens is 374 g/mol. The summed E-state index contributed by atoms with van der Waals surface area (Å²) in [5.74, 6) is 0.174. The minimum Gasteiger partial charge on any atom is -0.334 e. The summed E-state index contributed by atoms with van der Waals surface area (Å²) in [6.07, 6.45) is 1.53. The Balaban J connectivity index is 1.39. The Morgan fingerprint density at radius 1 is 0.867 bits per heavy atom. The third kappa shape index (κ3) is 4.69. The first-order chi connectivity index (χ1) is 14.7. The lowest BCUT2D eigenvalue weighted by atomic mass is 9.99. The second kappa shape index (κ2) is 9.27. The summed E-state index contributed by atoms with van der Waals surface area (Å²) in [5.41, 5.74) is 3.95. The molecule has 5 heteroatoms. The third-order valence-corrected chi connectivity index (χ3v) is 5.32. The average Bonchev–Trinajstić information content (AvgIpc) is 3.23. The van der Waals surface area contributed by atoms with Crippen molar-refractivity contribution in [2.75, 3.05) is 11.4 Å². The molecule has 1 aliphatic rings. The minimum absolute atomic E-state index is 0.174. The summed E-state index contributed by atoms with van der Waals surface area (Å²) in [7, 11) is 0. The first kappa shape index (κ1) is 19.7. The molecule has 1 saturated heterocycles. The molecule has 0 aromatic heterocycles. The fraction of sp³-hybridized carbons (Fsp3) is 0.200. The molecule has 0 radical (unpaired) electrons. The first-order valence-electron chi connectivity index (χ1n) is 10.2. The maximum atomic E-state index is 12.6. The zero-order valence-electron chi connectivity index (χ0n) is 16.8. The fourth-order valence-corrected chi connectivity index (χ4v) is 3.73. The Morgan fingerprint density at radius 3 is 2.00 bits per heavy atom. The van der Waals surface area contributed by atoms with Gasteiger partial charge in [-0.3, -0.25) is 4.79 Å². The van der Waals surface area contributed by atoms with Gasteiger partial charge in [-0.25, -0.2) is 4.79 Å². The highest BCUT2D eigenvalue weighted by Gasteiger charge is 2.21. The molecule has 0 bridgehead atoms. The zero-order chi connectivity index (χ0) is 20.8. The minimum atomic E-state index is -0.230. The number of nitrogens with zero attached hydrogens (tertiary/aromatic N) is 1. The van der Waals surface area contributed by atoms with Gasteiger partial charge in [0.05, 0.1) is 6.04 Å². The Kier molecular flexibility index (Phi) is 6.09. The number of anilines is 1. The zero-order valence-corrected chi connectivity index (χ0v) is 16.8. The quantitative estimate of drug-likeness (QED) is 0.645. The maximum Gasteiger partial charge on any atom is 0.315 e. The third-order valence-electron chi connectivity index (χ3n) is 5.32. The number of urea groups is 1. The summed E-state index contributed by atoms with van der Waals surface area (Å²) in [6.45, 7) is 1.19. The highest BCUT2D eigenvalue weighted by atomic mass is 16.2. The van der Waals surface area contributed by atoms with E-state index >= 15 is 0 Å². The lowest BCUT2D eigenvalue weighted by Gasteiger charge is -2.20. The van der Waals surface area contributed by atoms with Crippen LogP contribution in [0.1, 0.15) is 35.6 Å². The maximum absolute atomic E-state index is 12.6. The topological polar surface area (TPSA) is 61.4 Å². The van der Waals surface area contributed by atoms with Crippen molar-refractivity contribution < 1.29 is 9.59 Å². The second-order valence-electron chi connectivity index (χ2n) is 7.40. The largest absolute Gasteiger partial charge is 0.334 e. The Labute approximate surface area is 176 Å². The van der Waals surface area contributed by atoms with Crippen LogP contribution in [-0.2, 0) is 11.3 Å². The van der Waals surface area contributed by atoms with Crippen LogP contribution in [-0.4, -0.2) is 18.5 Å². The van der Waals surface area contributed by atoms with Crippen molar-refractivity contribution in [1.82, 2.24) is 10.6 Å². The van der Waals surface area contributed by atoms with Crippen LogP contribution in [0.5, 0.6) is 0 Å². The Hall–Kier alpha value is -3.60. The van der Waals surface area contributed by atoms with E-state index < -0.39 is 0 Å². The highest BCUT2D eigenvalue weighted by Crippen LogP contribution is 2.23. The van der Waals surface area contributed by atoms with Crippen molar-refractivity contribution in [3.63, 3.8) is 0 Å². The number of hydrogen-bond donors (Lipinski definition) is 2. The molecule has 0 spiro atoms. The van der Waals surface area contributed by atoms with Crippen LogP contribution in [0.4, 0.5) is 10.5 Å². The SMILES string of the molecule is O=C(NCc1ccc(N2CCCC2=O)cc1)NC(c1ccccc1)c1ccccc1. The van der Waals surface area contributed by atoms with E-state index in [1.54, 1.807) is 0 Å². The van der Waals surface area contributed by atoms with Gasteiger partial charge < -0.3 is 15.5 Å². The normalized spacial score (nSPS) is 13.5. The summed E-state index contributed by atoms with van der Waals surface area (Å²) in [6, 6.07) is 27.2. The van der Waals surface area contributed by atoms with Gasteiger partial charge >= 0.3 is 6.03 Å². The van der Waals surface area contributed by atoms with E-state index in [4.69, 9.17) is 0 Å². The molecular formula is C25H25N3O2. The molecule has 3 aromatic carbocycles. The lowest BCUT2D eigenvalue weighted by Crippen LogP contribution is -2.38. The molecule has 0 unspecified atom stereocenters. The van der Waals surface area contributed by atoms with Gasteiger partial charge in [0.25, 0.3) is 0 Å². The van der Waals surface area contributed by atoms with Gasteiger partial charge in [0.1, 0.15) is 0 Å². The van der Waals surface area contributed by atoms with Crippen LogP contribution in [0.15, 0.2) is 84.9 Å². The van der Waals surface area contributed by atoms with E-state index in [9.17, 15) is 9.59 Å². The van der Waals surface area contributed by atoms with Crippen molar-refractivity contribution in [1.29, 1.82) is 0 Å². The number of nitrogens with one attached hydrogen (secondary N) is 2. The van der Waals surface area contributed by atoms with Gasteiger partial charge in [0, 0.05) is 25.2 Å². The summed E-state index contributed by atoms with van der Waals surface area (Å²) >= 11 is 0. The molecule has 1 aliphatic heterocycles. The van der Waals surface area contributed by atoms with Gasteiger partial charge in [-0.15, -0.1) is 0 Å². The molecule has 0 saturated carbocycles. The van der Waals surface area contributed by atoms with Crippen LogP contribution >= 0.6 is 0 Å². The molecule has 1 fully saturated rings. The molecule has 4 rings (SSSR count). The van der Waals surface area contributed by atoms with Gasteiger partial charge in [0.2, 0.25) is 5.91 Å².